The zero-order valence-corrected chi connectivity index (χ0v) is 11.6. The largest absolute Gasteiger partial charge is 0.478 e. The van der Waals surface area contributed by atoms with E-state index in [1.807, 2.05) is 6.07 Å². The average molecular weight is 262 g/mol. The summed E-state index contributed by atoms with van der Waals surface area (Å²) in [5.41, 5.74) is 8.15. The molecule has 0 unspecified atom stereocenters. The molecule has 104 valence electrons. The number of hydrogen-bond acceptors (Lipinski definition) is 3. The minimum absolute atomic E-state index is 0.247. The van der Waals surface area contributed by atoms with E-state index in [9.17, 15) is 4.79 Å². The number of carbonyl (C=O) groups is 1. The molecular weight excluding hydrogens is 240 g/mol. The summed E-state index contributed by atoms with van der Waals surface area (Å²) >= 11 is 0. The molecule has 0 aliphatic carbocycles. The van der Waals surface area contributed by atoms with Gasteiger partial charge in [-0.1, -0.05) is 13.8 Å². The van der Waals surface area contributed by atoms with Gasteiger partial charge in [0.25, 0.3) is 0 Å². The van der Waals surface area contributed by atoms with Gasteiger partial charge in [0.1, 0.15) is 0 Å². The van der Waals surface area contributed by atoms with Gasteiger partial charge in [-0.25, -0.2) is 4.79 Å². The number of rotatable bonds is 2. The number of hydrogen-bond donors (Lipinski definition) is 2. The van der Waals surface area contributed by atoms with E-state index in [0.29, 0.717) is 11.1 Å². The average Bonchev–Trinajstić information content (AvgIpc) is 2.50. The van der Waals surface area contributed by atoms with E-state index in [0.717, 1.165) is 31.6 Å². The van der Waals surface area contributed by atoms with Crippen LogP contribution in [0.4, 0.5) is 11.4 Å². The second-order valence-corrected chi connectivity index (χ2v) is 6.08. The Morgan fingerprint density at radius 2 is 2.05 bits per heavy atom. The molecule has 0 spiro atoms. The summed E-state index contributed by atoms with van der Waals surface area (Å²) in [6.45, 7) is 6.56. The zero-order chi connectivity index (χ0) is 14.0. The molecule has 0 atom stereocenters. The first-order chi connectivity index (χ1) is 8.89. The van der Waals surface area contributed by atoms with E-state index in [2.05, 4.69) is 18.7 Å². The van der Waals surface area contributed by atoms with Crippen LogP contribution in [0.2, 0.25) is 0 Å². The van der Waals surface area contributed by atoms with Crippen molar-refractivity contribution in [2.45, 2.75) is 33.1 Å². The minimum atomic E-state index is -0.935. The van der Waals surface area contributed by atoms with Crippen LogP contribution >= 0.6 is 0 Å². The number of carboxylic acids is 1. The van der Waals surface area contributed by atoms with Crippen molar-refractivity contribution in [3.05, 3.63) is 23.8 Å². The summed E-state index contributed by atoms with van der Waals surface area (Å²) in [6, 6.07) is 5.01. The van der Waals surface area contributed by atoms with Gasteiger partial charge in [0.15, 0.2) is 0 Å². The number of nitrogens with two attached hydrogens (primary N) is 1. The molecule has 1 aromatic rings. The second-order valence-electron chi connectivity index (χ2n) is 6.08. The smallest absolute Gasteiger partial charge is 0.335 e. The van der Waals surface area contributed by atoms with Crippen molar-refractivity contribution in [3.8, 4) is 0 Å². The Hall–Kier alpha value is -1.71. The lowest BCUT2D eigenvalue weighted by molar-refractivity contribution is 0.0697. The maximum atomic E-state index is 10.9. The van der Waals surface area contributed by atoms with Crippen LogP contribution in [0, 0.1) is 5.41 Å². The molecule has 1 aliphatic rings. The highest BCUT2D eigenvalue weighted by molar-refractivity contribution is 5.90. The van der Waals surface area contributed by atoms with Gasteiger partial charge in [-0.2, -0.15) is 0 Å². The number of aromatic carboxylic acids is 1. The zero-order valence-electron chi connectivity index (χ0n) is 11.6. The summed E-state index contributed by atoms with van der Waals surface area (Å²) in [7, 11) is 0. The molecule has 2 rings (SSSR count). The highest BCUT2D eigenvalue weighted by Crippen LogP contribution is 2.33. The molecule has 1 fully saturated rings. The Morgan fingerprint density at radius 3 is 2.68 bits per heavy atom. The van der Waals surface area contributed by atoms with Crippen LogP contribution in [0.25, 0.3) is 0 Å². The third-order valence-electron chi connectivity index (χ3n) is 3.96. The molecule has 0 radical (unpaired) electrons. The highest BCUT2D eigenvalue weighted by atomic mass is 16.4. The van der Waals surface area contributed by atoms with Gasteiger partial charge >= 0.3 is 5.97 Å². The van der Waals surface area contributed by atoms with Crippen LogP contribution in [-0.2, 0) is 0 Å². The molecule has 4 heteroatoms. The lowest BCUT2D eigenvalue weighted by Gasteiger charge is -2.26. The first-order valence-corrected chi connectivity index (χ1v) is 6.77. The minimum Gasteiger partial charge on any atom is -0.478 e. The quantitative estimate of drug-likeness (QED) is 0.804. The summed E-state index contributed by atoms with van der Waals surface area (Å²) in [5, 5.41) is 8.95. The van der Waals surface area contributed by atoms with Gasteiger partial charge in [-0.3, -0.25) is 0 Å². The molecule has 19 heavy (non-hydrogen) atoms. The monoisotopic (exact) mass is 262 g/mol. The van der Waals surface area contributed by atoms with Gasteiger partial charge < -0.3 is 15.7 Å². The Kier molecular flexibility index (Phi) is 3.69. The van der Waals surface area contributed by atoms with Crippen molar-refractivity contribution < 1.29 is 9.90 Å². The lowest BCUT2D eigenvalue weighted by atomic mass is 9.85. The molecule has 4 nitrogen and oxygen atoms in total. The standard InChI is InChI=1S/C15H22N2O2/c1-15(2)6-3-8-17(9-7-15)13-5-4-11(14(18)19)10-12(13)16/h4-5,10H,3,6-9,16H2,1-2H3,(H,18,19). The number of benzene rings is 1. The summed E-state index contributed by atoms with van der Waals surface area (Å²) in [4.78, 5) is 13.2. The topological polar surface area (TPSA) is 66.6 Å². The molecule has 1 saturated heterocycles. The van der Waals surface area contributed by atoms with E-state index in [1.165, 1.54) is 6.42 Å². The predicted molar refractivity (Wildman–Crippen MR) is 77.7 cm³/mol. The third kappa shape index (κ3) is 3.19. The third-order valence-corrected chi connectivity index (χ3v) is 3.96. The van der Waals surface area contributed by atoms with E-state index in [1.54, 1.807) is 12.1 Å². The first kappa shape index (κ1) is 13.7. The number of anilines is 2. The fourth-order valence-corrected chi connectivity index (χ4v) is 2.64. The van der Waals surface area contributed by atoms with Crippen molar-refractivity contribution in [1.82, 2.24) is 0 Å². The van der Waals surface area contributed by atoms with Gasteiger partial charge in [-0.15, -0.1) is 0 Å². The summed E-state index contributed by atoms with van der Waals surface area (Å²) < 4.78 is 0. The van der Waals surface area contributed by atoms with E-state index >= 15 is 0 Å². The Bertz CT molecular complexity index is 483. The number of carboxylic acid groups (broad SMARTS) is 1. The van der Waals surface area contributed by atoms with Crippen LogP contribution in [0.15, 0.2) is 18.2 Å². The highest BCUT2D eigenvalue weighted by Gasteiger charge is 2.24. The van der Waals surface area contributed by atoms with Gasteiger partial charge in [0.05, 0.1) is 16.9 Å². The number of nitrogens with zero attached hydrogens (tertiary/aromatic N) is 1. The number of nitrogen functional groups attached to an aromatic ring is 1. The molecule has 0 bridgehead atoms. The first-order valence-electron chi connectivity index (χ1n) is 6.77. The van der Waals surface area contributed by atoms with Gasteiger partial charge in [0, 0.05) is 13.1 Å². The normalized spacial score (nSPS) is 18.9. The Morgan fingerprint density at radius 1 is 1.32 bits per heavy atom. The molecule has 0 aromatic heterocycles. The fourth-order valence-electron chi connectivity index (χ4n) is 2.64. The summed E-state index contributed by atoms with van der Waals surface area (Å²) in [5.74, 6) is -0.935. The summed E-state index contributed by atoms with van der Waals surface area (Å²) in [6.07, 6.45) is 3.50. The van der Waals surface area contributed by atoms with Crippen LogP contribution in [0.5, 0.6) is 0 Å². The molecule has 3 N–H and O–H groups in total. The Labute approximate surface area is 114 Å². The van der Waals surface area contributed by atoms with Crippen molar-refractivity contribution in [1.29, 1.82) is 0 Å². The maximum absolute atomic E-state index is 10.9. The van der Waals surface area contributed by atoms with E-state index in [-0.39, 0.29) is 5.56 Å². The molecule has 1 heterocycles. The van der Waals surface area contributed by atoms with Crippen LogP contribution in [-0.4, -0.2) is 24.2 Å². The van der Waals surface area contributed by atoms with Crippen LogP contribution < -0.4 is 10.6 Å². The molecule has 0 saturated carbocycles. The van der Waals surface area contributed by atoms with Crippen molar-refractivity contribution in [2.24, 2.45) is 5.41 Å². The van der Waals surface area contributed by atoms with Crippen molar-refractivity contribution >= 4 is 17.3 Å². The van der Waals surface area contributed by atoms with Gasteiger partial charge in [0.2, 0.25) is 0 Å². The predicted octanol–water partition coefficient (Wildman–Crippen LogP) is 2.98. The molecule has 1 aromatic carbocycles. The molecule has 1 aliphatic heterocycles. The SMILES string of the molecule is CC1(C)CCCN(c2ccc(C(=O)O)cc2N)CC1. The Balaban J connectivity index is 2.20. The molecule has 0 amide bonds. The van der Waals surface area contributed by atoms with Crippen molar-refractivity contribution in [3.63, 3.8) is 0 Å². The van der Waals surface area contributed by atoms with Crippen LogP contribution in [0.1, 0.15) is 43.5 Å². The van der Waals surface area contributed by atoms with Crippen LogP contribution in [0.3, 0.4) is 0 Å². The second kappa shape index (κ2) is 5.11. The maximum Gasteiger partial charge on any atom is 0.335 e. The lowest BCUT2D eigenvalue weighted by Crippen LogP contribution is -2.26. The van der Waals surface area contributed by atoms with E-state index in [4.69, 9.17) is 10.8 Å². The molecular formula is C15H22N2O2. The van der Waals surface area contributed by atoms with Gasteiger partial charge in [-0.05, 0) is 42.9 Å². The fraction of sp³-hybridized carbons (Fsp3) is 0.533. The van der Waals surface area contributed by atoms with Crippen molar-refractivity contribution in [2.75, 3.05) is 23.7 Å². The van der Waals surface area contributed by atoms with E-state index < -0.39 is 5.97 Å².